The van der Waals surface area contributed by atoms with E-state index in [-0.39, 0.29) is 25.4 Å². The third-order valence-corrected chi connectivity index (χ3v) is 6.24. The number of carbonyl (C=O) groups excluding carboxylic acids is 2. The van der Waals surface area contributed by atoms with Crippen LogP contribution in [-0.2, 0) is 14.3 Å². The molecule has 4 rings (SSSR count). The van der Waals surface area contributed by atoms with Crippen molar-refractivity contribution in [3.63, 3.8) is 0 Å². The Morgan fingerprint density at radius 3 is 2.09 bits per heavy atom. The zero-order valence-corrected chi connectivity index (χ0v) is 19.7. The number of aliphatic carboxylic acids is 1. The van der Waals surface area contributed by atoms with E-state index in [4.69, 9.17) is 9.84 Å². The molecule has 8 heteroatoms. The van der Waals surface area contributed by atoms with E-state index in [2.05, 4.69) is 26.6 Å². The van der Waals surface area contributed by atoms with Crippen LogP contribution in [0.15, 0.2) is 77.3 Å². The zero-order valence-electron chi connectivity index (χ0n) is 18.2. The number of fused-ring (bicyclic) bond motifs is 3. The normalized spacial score (nSPS) is 12.9. The summed E-state index contributed by atoms with van der Waals surface area (Å²) in [4.78, 5) is 36.4. The van der Waals surface area contributed by atoms with Gasteiger partial charge in [0.05, 0.1) is 0 Å². The van der Waals surface area contributed by atoms with Gasteiger partial charge in [0.2, 0.25) is 5.91 Å². The van der Waals surface area contributed by atoms with E-state index >= 15 is 0 Å². The molecular formula is C26H23BrN2O5. The Morgan fingerprint density at radius 1 is 0.912 bits per heavy atom. The fourth-order valence-electron chi connectivity index (χ4n) is 4.08. The molecule has 1 unspecified atom stereocenters. The number of carboxylic acids is 1. The lowest BCUT2D eigenvalue weighted by Crippen LogP contribution is -2.44. The predicted octanol–water partition coefficient (Wildman–Crippen LogP) is 5.16. The first-order valence-electron chi connectivity index (χ1n) is 10.8. The van der Waals surface area contributed by atoms with Gasteiger partial charge in [-0.2, -0.15) is 0 Å². The first-order chi connectivity index (χ1) is 16.4. The number of hydrogen-bond donors (Lipinski definition) is 3. The molecule has 1 aliphatic carbocycles. The van der Waals surface area contributed by atoms with Gasteiger partial charge in [0.1, 0.15) is 12.6 Å². The number of benzene rings is 3. The van der Waals surface area contributed by atoms with Gasteiger partial charge in [0.15, 0.2) is 0 Å². The molecule has 34 heavy (non-hydrogen) atoms. The van der Waals surface area contributed by atoms with E-state index in [1.54, 1.807) is 24.3 Å². The molecule has 3 N–H and O–H groups in total. The van der Waals surface area contributed by atoms with Gasteiger partial charge in [-0.05, 0) is 52.9 Å². The number of carboxylic acid groups (broad SMARTS) is 1. The molecule has 174 valence electrons. The van der Waals surface area contributed by atoms with Gasteiger partial charge in [-0.3, -0.25) is 9.59 Å². The van der Waals surface area contributed by atoms with Crippen molar-refractivity contribution in [1.29, 1.82) is 0 Å². The van der Waals surface area contributed by atoms with Crippen LogP contribution in [-0.4, -0.2) is 35.7 Å². The van der Waals surface area contributed by atoms with Gasteiger partial charge in [0.25, 0.3) is 0 Å². The minimum absolute atomic E-state index is 0.0676. The van der Waals surface area contributed by atoms with Crippen molar-refractivity contribution in [3.05, 3.63) is 88.4 Å². The lowest BCUT2D eigenvalue weighted by molar-refractivity contribution is -0.137. The molecular weight excluding hydrogens is 500 g/mol. The van der Waals surface area contributed by atoms with E-state index in [9.17, 15) is 14.4 Å². The van der Waals surface area contributed by atoms with Crippen molar-refractivity contribution in [2.24, 2.45) is 0 Å². The lowest BCUT2D eigenvalue weighted by Gasteiger charge is -2.19. The zero-order chi connectivity index (χ0) is 24.1. The minimum atomic E-state index is -1.06. The molecule has 3 aromatic rings. The highest BCUT2D eigenvalue weighted by Gasteiger charge is 2.30. The summed E-state index contributed by atoms with van der Waals surface area (Å²) in [5.74, 6) is -1.69. The van der Waals surface area contributed by atoms with Crippen LogP contribution in [0.3, 0.4) is 0 Å². The fourth-order valence-corrected chi connectivity index (χ4v) is 4.35. The molecule has 0 radical (unpaired) electrons. The molecule has 0 saturated carbocycles. The third-order valence-electron chi connectivity index (χ3n) is 5.71. The van der Waals surface area contributed by atoms with Gasteiger partial charge in [-0.15, -0.1) is 0 Å². The molecule has 3 aromatic carbocycles. The number of hydrogen-bond acceptors (Lipinski definition) is 4. The highest BCUT2D eigenvalue weighted by Crippen LogP contribution is 2.44. The number of carbonyl (C=O) groups is 3. The summed E-state index contributed by atoms with van der Waals surface area (Å²) in [6, 6.07) is 21.8. The minimum Gasteiger partial charge on any atom is -0.481 e. The summed E-state index contributed by atoms with van der Waals surface area (Å²) < 4.78 is 6.36. The van der Waals surface area contributed by atoms with Crippen LogP contribution in [0.4, 0.5) is 10.5 Å². The van der Waals surface area contributed by atoms with Gasteiger partial charge >= 0.3 is 12.1 Å². The summed E-state index contributed by atoms with van der Waals surface area (Å²) in [6.45, 7) is 0.0971. The monoisotopic (exact) mass is 522 g/mol. The summed E-state index contributed by atoms with van der Waals surface area (Å²) in [5, 5.41) is 14.3. The van der Waals surface area contributed by atoms with E-state index in [1.807, 2.05) is 48.5 Å². The van der Waals surface area contributed by atoms with Crippen LogP contribution in [0.5, 0.6) is 0 Å². The Hall–Kier alpha value is -3.65. The van der Waals surface area contributed by atoms with Crippen LogP contribution in [0.25, 0.3) is 11.1 Å². The fraction of sp³-hybridized carbons (Fsp3) is 0.192. The molecule has 1 atom stereocenters. The number of rotatable bonds is 8. The van der Waals surface area contributed by atoms with Crippen molar-refractivity contribution < 1.29 is 24.2 Å². The van der Waals surface area contributed by atoms with Crippen LogP contribution >= 0.6 is 15.9 Å². The standard InChI is InChI=1S/C26H23BrN2O5/c27-16-9-11-17(12-10-16)28-25(32)23(13-14-24(30)31)29-26(33)34-15-22-20-7-3-1-5-18(20)19-6-2-4-8-21(19)22/h1-12,22-23H,13-15H2,(H,28,32)(H,29,33)(H,30,31). The highest BCUT2D eigenvalue weighted by molar-refractivity contribution is 9.10. The predicted molar refractivity (Wildman–Crippen MR) is 132 cm³/mol. The first kappa shape index (κ1) is 23.5. The maximum absolute atomic E-state index is 12.7. The van der Waals surface area contributed by atoms with Crippen molar-refractivity contribution in [2.75, 3.05) is 11.9 Å². The summed E-state index contributed by atoms with van der Waals surface area (Å²) in [6.07, 6.45) is -1.12. The summed E-state index contributed by atoms with van der Waals surface area (Å²) >= 11 is 3.33. The molecule has 0 heterocycles. The van der Waals surface area contributed by atoms with Gasteiger partial charge in [0, 0.05) is 22.5 Å². The van der Waals surface area contributed by atoms with Gasteiger partial charge < -0.3 is 20.5 Å². The number of amides is 2. The molecule has 0 spiro atoms. The number of alkyl carbamates (subject to hydrolysis) is 1. The summed E-state index contributed by atoms with van der Waals surface area (Å²) in [7, 11) is 0. The van der Waals surface area contributed by atoms with Gasteiger partial charge in [-0.25, -0.2) is 4.79 Å². The molecule has 0 bridgehead atoms. The quantitative estimate of drug-likeness (QED) is 0.379. The number of ether oxygens (including phenoxy) is 1. The maximum Gasteiger partial charge on any atom is 0.407 e. The molecule has 0 saturated heterocycles. The highest BCUT2D eigenvalue weighted by atomic mass is 79.9. The molecule has 7 nitrogen and oxygen atoms in total. The van der Waals surface area contributed by atoms with E-state index in [0.717, 1.165) is 26.7 Å². The van der Waals surface area contributed by atoms with Crippen LogP contribution in [0, 0.1) is 0 Å². The van der Waals surface area contributed by atoms with Crippen molar-refractivity contribution >= 4 is 39.6 Å². The Morgan fingerprint density at radius 2 is 1.50 bits per heavy atom. The van der Waals surface area contributed by atoms with Crippen LogP contribution in [0.2, 0.25) is 0 Å². The Labute approximate surface area is 205 Å². The van der Waals surface area contributed by atoms with Crippen molar-refractivity contribution in [2.45, 2.75) is 24.8 Å². The first-order valence-corrected chi connectivity index (χ1v) is 11.6. The number of halogens is 1. The van der Waals surface area contributed by atoms with Crippen LogP contribution in [0.1, 0.15) is 29.9 Å². The second-order valence-corrected chi connectivity index (χ2v) is 8.87. The second kappa shape index (κ2) is 10.5. The molecule has 2 amide bonds. The second-order valence-electron chi connectivity index (χ2n) is 7.95. The Bertz CT molecular complexity index is 1170. The van der Waals surface area contributed by atoms with Gasteiger partial charge in [-0.1, -0.05) is 64.5 Å². The van der Waals surface area contributed by atoms with E-state index in [1.165, 1.54) is 0 Å². The third kappa shape index (κ3) is 5.46. The molecule has 0 aliphatic heterocycles. The topological polar surface area (TPSA) is 105 Å². The Kier molecular flexibility index (Phi) is 7.27. The smallest absolute Gasteiger partial charge is 0.407 e. The van der Waals surface area contributed by atoms with Crippen LogP contribution < -0.4 is 10.6 Å². The summed E-state index contributed by atoms with van der Waals surface area (Å²) in [5.41, 5.74) is 4.90. The number of anilines is 1. The van der Waals surface area contributed by atoms with Crippen molar-refractivity contribution in [3.8, 4) is 11.1 Å². The maximum atomic E-state index is 12.7. The largest absolute Gasteiger partial charge is 0.481 e. The van der Waals surface area contributed by atoms with E-state index < -0.39 is 24.0 Å². The van der Waals surface area contributed by atoms with Crippen molar-refractivity contribution in [1.82, 2.24) is 5.32 Å². The molecule has 1 aliphatic rings. The SMILES string of the molecule is O=C(O)CCC(NC(=O)OCC1c2ccccc2-c2ccccc21)C(=O)Nc1ccc(Br)cc1. The average molecular weight is 523 g/mol. The van der Waals surface area contributed by atoms with E-state index in [0.29, 0.717) is 5.69 Å². The molecule has 0 fully saturated rings. The average Bonchev–Trinajstić information content (AvgIpc) is 3.15. The molecule has 0 aromatic heterocycles. The lowest BCUT2D eigenvalue weighted by atomic mass is 9.98. The number of nitrogens with one attached hydrogen (secondary N) is 2. The Balaban J connectivity index is 1.42.